The summed E-state index contributed by atoms with van der Waals surface area (Å²) in [4.78, 5) is 103. The molecule has 18 heteroatoms. The summed E-state index contributed by atoms with van der Waals surface area (Å²) in [7, 11) is 0. The Morgan fingerprint density at radius 1 is 0.838 bits per heavy atom. The molecule has 2 saturated carbocycles. The highest BCUT2D eigenvalue weighted by molar-refractivity contribution is 5.96. The van der Waals surface area contributed by atoms with Gasteiger partial charge in [-0.05, 0) is 80.9 Å². The molecule has 2 aliphatic heterocycles. The number of aromatic nitrogens is 1. The number of nitrogens with one attached hydrogen (secondary N) is 9. The lowest BCUT2D eigenvalue weighted by atomic mass is 9.84. The molecule has 4 fully saturated rings. The van der Waals surface area contributed by atoms with E-state index in [0.29, 0.717) is 45.1 Å². The molecule has 3 aromatic rings. The van der Waals surface area contributed by atoms with E-state index in [1.165, 1.54) is 11.8 Å². The van der Waals surface area contributed by atoms with Crippen LogP contribution >= 0.6 is 0 Å². The predicted octanol–water partition coefficient (Wildman–Crippen LogP) is 2.27. The second kappa shape index (κ2) is 23.0. The maximum Gasteiger partial charge on any atom is 0.245 e. The summed E-state index contributed by atoms with van der Waals surface area (Å²) in [5.41, 5.74) is 7.54. The van der Waals surface area contributed by atoms with E-state index in [9.17, 15) is 33.6 Å². The van der Waals surface area contributed by atoms with Gasteiger partial charge in [0.05, 0.1) is 0 Å². The number of H-pyrrole nitrogens is 1. The lowest BCUT2D eigenvalue weighted by Gasteiger charge is -2.32. The molecule has 11 N–H and O–H groups in total. The fourth-order valence-corrected chi connectivity index (χ4v) is 10.7. The van der Waals surface area contributed by atoms with Crippen molar-refractivity contribution in [2.75, 3.05) is 26.2 Å². The lowest BCUT2D eigenvalue weighted by Crippen LogP contribution is -2.58. The van der Waals surface area contributed by atoms with Gasteiger partial charge in [0.1, 0.15) is 30.2 Å². The normalized spacial score (nSPS) is 26.1. The molecule has 7 rings (SSSR count). The molecule has 7 atom stereocenters. The molecular weight excluding hydrogens is 867 g/mol. The third kappa shape index (κ3) is 12.5. The van der Waals surface area contributed by atoms with Gasteiger partial charge in [-0.2, -0.15) is 0 Å². The molecule has 0 spiro atoms. The van der Waals surface area contributed by atoms with Gasteiger partial charge in [0, 0.05) is 68.0 Å². The number of fused-ring (bicyclic) bond motifs is 3. The van der Waals surface area contributed by atoms with Crippen LogP contribution in [0.1, 0.15) is 108 Å². The zero-order valence-corrected chi connectivity index (χ0v) is 39.1. The van der Waals surface area contributed by atoms with Gasteiger partial charge in [-0.3, -0.25) is 39.0 Å². The molecule has 1 unspecified atom stereocenters. The van der Waals surface area contributed by atoms with E-state index in [-0.39, 0.29) is 69.0 Å². The Bertz CT molecular complexity index is 2300. The van der Waals surface area contributed by atoms with Crippen LogP contribution < -0.4 is 43.0 Å². The first-order valence-electron chi connectivity index (χ1n) is 24.6. The van der Waals surface area contributed by atoms with Crippen molar-refractivity contribution in [1.82, 2.24) is 47.1 Å². The maximum absolute atomic E-state index is 14.7. The van der Waals surface area contributed by atoms with Crippen molar-refractivity contribution in [1.29, 1.82) is 5.41 Å². The standard InChI is InChI=1S/C50H69N11O7/c1-31(62)57-41(28-33-15-6-3-7-16-33)46(66)59-39-20-11-23-53-44(64)38(19-10-24-55-49(51)52)58-43(63)35-29-50(35,36-30-56-37-18-9-8-17-34(36)37)22-25-54-45(65)40(27-32-13-4-2-5-14-32)60-47(67)42-21-12-26-61(42)48(39)68/h3,6-9,15-18,30,32,35,38-42,56H,2,4-5,10-14,19-29H2,1H3,(H,53,64)(H,54,65)(H,57,62)(H,58,63)(H,59,66)(H,60,67)(H4,51,52,55)/t35-,38+,39+,40-,41+,42+,50?/m1/s1. The molecule has 0 radical (unpaired) electrons. The highest BCUT2D eigenvalue weighted by Gasteiger charge is 2.60. The molecule has 3 heterocycles. The number of nitrogens with zero attached hydrogens (tertiary/aromatic N) is 1. The minimum atomic E-state index is -1.13. The molecular formula is C50H69N11O7. The number of aromatic amines is 1. The second-order valence-corrected chi connectivity index (χ2v) is 19.2. The van der Waals surface area contributed by atoms with Crippen molar-refractivity contribution < 1.29 is 33.6 Å². The van der Waals surface area contributed by atoms with Gasteiger partial charge in [-0.1, -0.05) is 80.6 Å². The minimum absolute atomic E-state index is 0.0787. The Hall–Kier alpha value is -6.46. The molecule has 2 aliphatic carbocycles. The van der Waals surface area contributed by atoms with Gasteiger partial charge in [0.2, 0.25) is 41.4 Å². The second-order valence-electron chi connectivity index (χ2n) is 19.2. The zero-order chi connectivity index (χ0) is 48.2. The van der Waals surface area contributed by atoms with E-state index < -0.39 is 71.1 Å². The predicted molar refractivity (Wildman–Crippen MR) is 257 cm³/mol. The van der Waals surface area contributed by atoms with Crippen molar-refractivity contribution >= 4 is 58.2 Å². The van der Waals surface area contributed by atoms with Crippen LogP contribution in [0.2, 0.25) is 0 Å². The quantitative estimate of drug-likeness (QED) is 0.0724. The molecule has 366 valence electrons. The summed E-state index contributed by atoms with van der Waals surface area (Å²) in [6, 6.07) is 12.2. The van der Waals surface area contributed by atoms with Crippen molar-refractivity contribution in [3.05, 3.63) is 71.9 Å². The maximum atomic E-state index is 14.7. The van der Waals surface area contributed by atoms with Crippen molar-refractivity contribution in [3.63, 3.8) is 0 Å². The minimum Gasteiger partial charge on any atom is -0.370 e. The Balaban J connectivity index is 1.17. The monoisotopic (exact) mass is 936 g/mol. The lowest BCUT2D eigenvalue weighted by molar-refractivity contribution is -0.142. The topological polar surface area (TPSA) is 273 Å². The molecule has 7 amide bonds. The van der Waals surface area contributed by atoms with E-state index in [4.69, 9.17) is 11.1 Å². The van der Waals surface area contributed by atoms with Crippen LogP contribution in [0, 0.1) is 17.2 Å². The van der Waals surface area contributed by atoms with Gasteiger partial charge in [-0.15, -0.1) is 0 Å². The average Bonchev–Trinajstić information content (AvgIpc) is 3.60. The first kappa shape index (κ1) is 49.4. The third-order valence-electron chi connectivity index (χ3n) is 14.3. The fourth-order valence-electron chi connectivity index (χ4n) is 10.7. The van der Waals surface area contributed by atoms with E-state index >= 15 is 0 Å². The molecule has 0 bridgehead atoms. The van der Waals surface area contributed by atoms with Gasteiger partial charge in [0.15, 0.2) is 5.96 Å². The Morgan fingerprint density at radius 3 is 2.32 bits per heavy atom. The van der Waals surface area contributed by atoms with E-state index in [1.807, 2.05) is 60.8 Å². The summed E-state index contributed by atoms with van der Waals surface area (Å²) in [6.07, 6.45) is 10.5. The van der Waals surface area contributed by atoms with Crippen LogP contribution in [0.4, 0.5) is 0 Å². The molecule has 2 saturated heterocycles. The molecule has 4 aliphatic rings. The molecule has 1 aromatic heterocycles. The van der Waals surface area contributed by atoms with Crippen LogP contribution in [-0.2, 0) is 45.4 Å². The Labute approximate surface area is 397 Å². The Kier molecular flexibility index (Phi) is 16.7. The number of carbonyl (C=O) groups excluding carboxylic acids is 7. The zero-order valence-electron chi connectivity index (χ0n) is 39.1. The summed E-state index contributed by atoms with van der Waals surface area (Å²) >= 11 is 0. The van der Waals surface area contributed by atoms with E-state index in [2.05, 4.69) is 42.2 Å². The first-order valence-corrected chi connectivity index (χ1v) is 24.6. The van der Waals surface area contributed by atoms with Crippen molar-refractivity contribution in [2.45, 2.75) is 139 Å². The third-order valence-corrected chi connectivity index (χ3v) is 14.3. The summed E-state index contributed by atoms with van der Waals surface area (Å²) in [6.45, 7) is 2.20. The number of nitrogens with two attached hydrogens (primary N) is 1. The summed E-state index contributed by atoms with van der Waals surface area (Å²) in [5.74, 6) is -3.46. The van der Waals surface area contributed by atoms with Crippen LogP contribution in [0.25, 0.3) is 10.9 Å². The number of carbonyl (C=O) groups is 7. The first-order chi connectivity index (χ1) is 32.8. The van der Waals surface area contributed by atoms with Crippen LogP contribution in [0.5, 0.6) is 0 Å². The average molecular weight is 936 g/mol. The molecule has 18 nitrogen and oxygen atoms in total. The smallest absolute Gasteiger partial charge is 0.245 e. The number of para-hydroxylation sites is 1. The van der Waals surface area contributed by atoms with Crippen LogP contribution in [-0.4, -0.2) is 114 Å². The largest absolute Gasteiger partial charge is 0.370 e. The number of rotatable bonds is 12. The summed E-state index contributed by atoms with van der Waals surface area (Å²) in [5, 5.41) is 29.1. The molecule has 2 aromatic carbocycles. The number of benzene rings is 2. The van der Waals surface area contributed by atoms with Gasteiger partial charge < -0.3 is 52.8 Å². The number of amides is 7. The van der Waals surface area contributed by atoms with Gasteiger partial charge >= 0.3 is 0 Å². The highest BCUT2D eigenvalue weighted by atomic mass is 16.2. The van der Waals surface area contributed by atoms with Crippen molar-refractivity contribution in [2.24, 2.45) is 17.6 Å². The number of hydrogen-bond acceptors (Lipinski definition) is 8. The van der Waals surface area contributed by atoms with Gasteiger partial charge in [0.25, 0.3) is 0 Å². The SMILES string of the molecule is CC(=O)N[C@@H](Cc1ccccc1)C(=O)N[C@H]1CCCNC(=O)[C@H](CCCNC(=N)N)NC(=O)[C@H]2CC2(c2c[nH]c3ccccc23)CCNC(=O)[C@@H](CC2CCCCC2)NC(=O)[C@@H]2CCCN2C1=O. The number of hydrogen-bond donors (Lipinski definition) is 10. The van der Waals surface area contributed by atoms with E-state index in [0.717, 1.165) is 54.1 Å². The Morgan fingerprint density at radius 2 is 1.56 bits per heavy atom. The van der Waals surface area contributed by atoms with Crippen LogP contribution in [0.3, 0.4) is 0 Å². The summed E-state index contributed by atoms with van der Waals surface area (Å²) < 4.78 is 0. The highest BCUT2D eigenvalue weighted by Crippen LogP contribution is 2.58. The fraction of sp³-hybridized carbons (Fsp3) is 0.560. The van der Waals surface area contributed by atoms with Crippen LogP contribution in [0.15, 0.2) is 60.8 Å². The van der Waals surface area contributed by atoms with E-state index in [1.54, 1.807) is 0 Å². The number of guanidine groups is 1. The molecule has 68 heavy (non-hydrogen) atoms. The van der Waals surface area contributed by atoms with Crippen molar-refractivity contribution in [3.8, 4) is 0 Å². The van der Waals surface area contributed by atoms with Gasteiger partial charge in [-0.25, -0.2) is 0 Å².